The topological polar surface area (TPSA) is 114 Å². The molecule has 1 aromatic heterocycles. The summed E-state index contributed by atoms with van der Waals surface area (Å²) >= 11 is 1.30. The highest BCUT2D eigenvalue weighted by Gasteiger charge is 2.12. The highest BCUT2D eigenvalue weighted by atomic mass is 32.2. The summed E-state index contributed by atoms with van der Waals surface area (Å²) in [6, 6.07) is 0. The van der Waals surface area contributed by atoms with E-state index in [9.17, 15) is 13.2 Å². The van der Waals surface area contributed by atoms with Crippen molar-refractivity contribution in [2.75, 3.05) is 18.8 Å². The molecular formula is C9H16N4O3S2. The molecule has 1 heterocycles. The number of sulfonamides is 1. The number of carbonyl (C=O) groups excluding carboxylic acids is 1. The molecule has 0 unspecified atom stereocenters. The lowest BCUT2D eigenvalue weighted by Gasteiger charge is -2.05. The van der Waals surface area contributed by atoms with Crippen LogP contribution in [0.5, 0.6) is 0 Å². The van der Waals surface area contributed by atoms with Crippen LogP contribution in [0, 0.1) is 0 Å². The molecule has 0 aliphatic heterocycles. The van der Waals surface area contributed by atoms with Crippen molar-refractivity contribution in [2.45, 2.75) is 13.5 Å². The van der Waals surface area contributed by atoms with Gasteiger partial charge in [0.15, 0.2) is 0 Å². The summed E-state index contributed by atoms with van der Waals surface area (Å²) in [7, 11) is -3.31. The van der Waals surface area contributed by atoms with Gasteiger partial charge in [-0.1, -0.05) is 6.92 Å². The van der Waals surface area contributed by atoms with Crippen LogP contribution in [0.2, 0.25) is 0 Å². The predicted molar refractivity (Wildman–Crippen MR) is 69.8 cm³/mol. The summed E-state index contributed by atoms with van der Waals surface area (Å²) in [5.41, 5.74) is 5.65. The molecule has 7 nitrogen and oxygen atoms in total. The van der Waals surface area contributed by atoms with Gasteiger partial charge in [0.2, 0.25) is 10.0 Å². The first kappa shape index (κ1) is 15.0. The molecule has 18 heavy (non-hydrogen) atoms. The van der Waals surface area contributed by atoms with Gasteiger partial charge in [0.1, 0.15) is 10.7 Å². The van der Waals surface area contributed by atoms with Gasteiger partial charge in [-0.25, -0.2) is 18.1 Å². The predicted octanol–water partition coefficient (Wildman–Crippen LogP) is -0.729. The SMILES string of the molecule is CCNS(=O)(=O)CCNC(=O)c1csc(CN)n1. The Hall–Kier alpha value is -1.03. The average molecular weight is 292 g/mol. The third-order valence-corrected chi connectivity index (χ3v) is 4.32. The van der Waals surface area contributed by atoms with Gasteiger partial charge in [0.25, 0.3) is 5.91 Å². The Bertz CT molecular complexity index is 498. The largest absolute Gasteiger partial charge is 0.350 e. The lowest BCUT2D eigenvalue weighted by molar-refractivity contribution is 0.0951. The van der Waals surface area contributed by atoms with Crippen molar-refractivity contribution in [3.05, 3.63) is 16.1 Å². The average Bonchev–Trinajstić information content (AvgIpc) is 2.77. The number of hydrogen-bond donors (Lipinski definition) is 3. The van der Waals surface area contributed by atoms with E-state index < -0.39 is 15.9 Å². The summed E-state index contributed by atoms with van der Waals surface area (Å²) in [6.45, 7) is 2.36. The highest BCUT2D eigenvalue weighted by Crippen LogP contribution is 2.08. The zero-order chi connectivity index (χ0) is 13.6. The fourth-order valence-electron chi connectivity index (χ4n) is 1.19. The molecule has 0 aliphatic carbocycles. The van der Waals surface area contributed by atoms with Gasteiger partial charge in [-0.15, -0.1) is 11.3 Å². The molecule has 0 fully saturated rings. The fraction of sp³-hybridized carbons (Fsp3) is 0.556. The number of nitrogens with zero attached hydrogens (tertiary/aromatic N) is 1. The van der Waals surface area contributed by atoms with E-state index in [-0.39, 0.29) is 24.5 Å². The van der Waals surface area contributed by atoms with Gasteiger partial charge in [-0.3, -0.25) is 4.79 Å². The monoisotopic (exact) mass is 292 g/mol. The molecule has 9 heteroatoms. The molecule has 0 radical (unpaired) electrons. The van der Waals surface area contributed by atoms with Gasteiger partial charge < -0.3 is 11.1 Å². The minimum atomic E-state index is -3.31. The second-order valence-corrected chi connectivity index (χ2v) is 6.27. The van der Waals surface area contributed by atoms with Gasteiger partial charge in [0.05, 0.1) is 5.75 Å². The molecule has 0 saturated heterocycles. The van der Waals surface area contributed by atoms with Crippen LogP contribution in [0.25, 0.3) is 0 Å². The van der Waals surface area contributed by atoms with Crippen LogP contribution in [-0.4, -0.2) is 38.2 Å². The third kappa shape index (κ3) is 4.69. The summed E-state index contributed by atoms with van der Waals surface area (Å²) in [5.74, 6) is -0.543. The van der Waals surface area contributed by atoms with E-state index in [0.29, 0.717) is 11.6 Å². The van der Waals surface area contributed by atoms with Gasteiger partial charge in [-0.05, 0) is 0 Å². The molecule has 0 bridgehead atoms. The Morgan fingerprint density at radius 3 is 2.83 bits per heavy atom. The van der Waals surface area contributed by atoms with E-state index in [0.717, 1.165) is 0 Å². The Kier molecular flexibility index (Phi) is 5.66. The smallest absolute Gasteiger partial charge is 0.270 e. The highest BCUT2D eigenvalue weighted by molar-refractivity contribution is 7.89. The van der Waals surface area contributed by atoms with Crippen molar-refractivity contribution >= 4 is 27.3 Å². The number of aromatic nitrogens is 1. The first-order valence-electron chi connectivity index (χ1n) is 5.38. The minimum absolute atomic E-state index is 0.0453. The molecule has 1 aromatic rings. The lowest BCUT2D eigenvalue weighted by Crippen LogP contribution is -2.34. The van der Waals surface area contributed by atoms with Gasteiger partial charge >= 0.3 is 0 Å². The van der Waals surface area contributed by atoms with E-state index in [1.807, 2.05) is 0 Å². The van der Waals surface area contributed by atoms with Crippen LogP contribution >= 0.6 is 11.3 Å². The molecular weight excluding hydrogens is 276 g/mol. The molecule has 0 spiro atoms. The van der Waals surface area contributed by atoms with Gasteiger partial charge in [0, 0.05) is 25.0 Å². The Morgan fingerprint density at radius 1 is 1.56 bits per heavy atom. The van der Waals surface area contributed by atoms with Crippen LogP contribution in [0.1, 0.15) is 22.4 Å². The Labute approximate surface area is 110 Å². The van der Waals surface area contributed by atoms with E-state index >= 15 is 0 Å². The zero-order valence-electron chi connectivity index (χ0n) is 9.97. The number of amides is 1. The summed E-state index contributed by atoms with van der Waals surface area (Å²) in [6.07, 6.45) is 0. The second kappa shape index (κ2) is 6.78. The van der Waals surface area contributed by atoms with Crippen molar-refractivity contribution < 1.29 is 13.2 Å². The number of thiazole rings is 1. The number of rotatable bonds is 7. The molecule has 0 atom stereocenters. The summed E-state index contributed by atoms with van der Waals surface area (Å²) < 4.78 is 25.0. The quantitative estimate of drug-likeness (QED) is 0.613. The summed E-state index contributed by atoms with van der Waals surface area (Å²) in [4.78, 5) is 15.6. The van der Waals surface area contributed by atoms with Gasteiger partial charge in [-0.2, -0.15) is 0 Å². The molecule has 1 amide bonds. The molecule has 1 rings (SSSR count). The van der Waals surface area contributed by atoms with Crippen molar-refractivity contribution in [2.24, 2.45) is 5.73 Å². The standard InChI is InChI=1S/C9H16N4O3S2/c1-2-12-18(15,16)4-3-11-9(14)7-6-17-8(5-10)13-7/h6,12H,2-5,10H2,1H3,(H,11,14). The van der Waals surface area contributed by atoms with E-state index in [1.165, 1.54) is 11.3 Å². The summed E-state index contributed by atoms with van der Waals surface area (Å²) in [5, 5.41) is 4.76. The molecule has 0 aromatic carbocycles. The first-order valence-corrected chi connectivity index (χ1v) is 7.91. The zero-order valence-corrected chi connectivity index (χ0v) is 11.6. The van der Waals surface area contributed by atoms with Crippen LogP contribution < -0.4 is 15.8 Å². The normalized spacial score (nSPS) is 11.4. The Balaban J connectivity index is 2.42. The lowest BCUT2D eigenvalue weighted by atomic mass is 10.4. The number of hydrogen-bond acceptors (Lipinski definition) is 6. The molecule has 4 N–H and O–H groups in total. The van der Waals surface area contributed by atoms with Crippen molar-refractivity contribution in [1.82, 2.24) is 15.0 Å². The Morgan fingerprint density at radius 2 is 2.28 bits per heavy atom. The van der Waals surface area contributed by atoms with Crippen molar-refractivity contribution in [1.29, 1.82) is 0 Å². The van der Waals surface area contributed by atoms with E-state index in [4.69, 9.17) is 5.73 Å². The molecule has 0 aliphatic rings. The maximum absolute atomic E-state index is 11.6. The van der Waals surface area contributed by atoms with Crippen LogP contribution in [0.3, 0.4) is 0 Å². The molecule has 0 saturated carbocycles. The van der Waals surface area contributed by atoms with Crippen LogP contribution in [-0.2, 0) is 16.6 Å². The first-order chi connectivity index (χ1) is 8.48. The number of nitrogens with one attached hydrogen (secondary N) is 2. The van der Waals surface area contributed by atoms with Crippen molar-refractivity contribution in [3.63, 3.8) is 0 Å². The van der Waals surface area contributed by atoms with E-state index in [2.05, 4.69) is 15.0 Å². The van der Waals surface area contributed by atoms with Crippen LogP contribution in [0.4, 0.5) is 0 Å². The number of carbonyl (C=O) groups is 1. The van der Waals surface area contributed by atoms with E-state index in [1.54, 1.807) is 12.3 Å². The number of nitrogens with two attached hydrogens (primary N) is 1. The third-order valence-electron chi connectivity index (χ3n) is 1.98. The maximum atomic E-state index is 11.6. The molecule has 102 valence electrons. The minimum Gasteiger partial charge on any atom is -0.350 e. The van der Waals surface area contributed by atoms with Crippen LogP contribution in [0.15, 0.2) is 5.38 Å². The fourth-order valence-corrected chi connectivity index (χ4v) is 2.80. The van der Waals surface area contributed by atoms with Crippen molar-refractivity contribution in [3.8, 4) is 0 Å². The maximum Gasteiger partial charge on any atom is 0.270 e. The second-order valence-electron chi connectivity index (χ2n) is 3.40.